The van der Waals surface area contributed by atoms with Crippen molar-refractivity contribution in [3.63, 3.8) is 0 Å². The molecule has 16 heavy (non-hydrogen) atoms. The van der Waals surface area contributed by atoms with E-state index in [1.54, 1.807) is 6.07 Å². The van der Waals surface area contributed by atoms with Gasteiger partial charge in [0.15, 0.2) is 6.10 Å². The van der Waals surface area contributed by atoms with Crippen molar-refractivity contribution in [3.05, 3.63) is 28.8 Å². The fourth-order valence-electron chi connectivity index (χ4n) is 1.70. The molecule has 3 N–H and O–H groups in total. The summed E-state index contributed by atoms with van der Waals surface area (Å²) in [5.74, 6) is -1.34. The highest BCUT2D eigenvalue weighted by molar-refractivity contribution is 5.75. The Balaban J connectivity index is 3.30. The minimum atomic E-state index is -1.68. The van der Waals surface area contributed by atoms with Gasteiger partial charge >= 0.3 is 5.97 Å². The molecule has 1 aromatic rings. The van der Waals surface area contributed by atoms with Crippen LogP contribution < -0.4 is 0 Å². The van der Waals surface area contributed by atoms with E-state index in [0.717, 1.165) is 11.1 Å². The first kappa shape index (κ1) is 12.5. The molecule has 0 aliphatic heterocycles. The Morgan fingerprint density at radius 1 is 1.25 bits per heavy atom. The van der Waals surface area contributed by atoms with Gasteiger partial charge in [0.25, 0.3) is 0 Å². The van der Waals surface area contributed by atoms with Crippen LogP contribution in [0.5, 0.6) is 5.75 Å². The largest absolute Gasteiger partial charge is 0.508 e. The van der Waals surface area contributed by atoms with Gasteiger partial charge in [-0.25, -0.2) is 4.79 Å². The summed E-state index contributed by atoms with van der Waals surface area (Å²) in [6.07, 6.45) is -1.68. The highest BCUT2D eigenvalue weighted by Crippen LogP contribution is 2.31. The van der Waals surface area contributed by atoms with Crippen molar-refractivity contribution in [2.24, 2.45) is 0 Å². The molecular formula is C12H16O4. The molecule has 1 rings (SSSR count). The molecule has 0 fully saturated rings. The fraction of sp³-hybridized carbons (Fsp3) is 0.417. The molecule has 0 aliphatic rings. The molecule has 1 atom stereocenters. The summed E-state index contributed by atoms with van der Waals surface area (Å²) in [6.45, 7) is 5.78. The van der Waals surface area contributed by atoms with Crippen LogP contribution in [0.4, 0.5) is 0 Å². The maximum Gasteiger partial charge on any atom is 0.337 e. The average molecular weight is 224 g/mol. The molecule has 0 saturated heterocycles. The summed E-state index contributed by atoms with van der Waals surface area (Å²) in [6, 6.07) is 3.03. The van der Waals surface area contributed by atoms with Crippen molar-refractivity contribution >= 4 is 5.97 Å². The van der Waals surface area contributed by atoms with Gasteiger partial charge in [0.1, 0.15) is 5.75 Å². The number of aromatic hydroxyl groups is 1. The molecule has 1 aromatic carbocycles. The Morgan fingerprint density at radius 3 is 2.25 bits per heavy atom. The van der Waals surface area contributed by atoms with Crippen LogP contribution in [0.1, 0.15) is 42.6 Å². The van der Waals surface area contributed by atoms with E-state index in [1.165, 1.54) is 6.07 Å². The third-order valence-corrected chi connectivity index (χ3v) is 2.57. The number of aliphatic carboxylic acids is 1. The average Bonchev–Trinajstić information content (AvgIpc) is 2.16. The van der Waals surface area contributed by atoms with Crippen LogP contribution in [0.25, 0.3) is 0 Å². The second-order valence-electron chi connectivity index (χ2n) is 4.16. The minimum absolute atomic E-state index is 0.0433. The van der Waals surface area contributed by atoms with Gasteiger partial charge in [-0.05, 0) is 36.1 Å². The van der Waals surface area contributed by atoms with Gasteiger partial charge in [-0.3, -0.25) is 0 Å². The number of hydrogen-bond acceptors (Lipinski definition) is 3. The van der Waals surface area contributed by atoms with Gasteiger partial charge in [-0.15, -0.1) is 0 Å². The minimum Gasteiger partial charge on any atom is -0.508 e. The standard InChI is InChI=1S/C12H16O4/c1-6(2)8-5-9(11(14)12(15)16)10(13)4-7(8)3/h4-6,11,13-14H,1-3H3,(H,15,16). The molecule has 0 heterocycles. The Bertz CT molecular complexity index is 410. The third kappa shape index (κ3) is 2.33. The van der Waals surface area contributed by atoms with Crippen LogP contribution in [-0.2, 0) is 4.79 Å². The number of phenolic OH excluding ortho intramolecular Hbond substituents is 1. The van der Waals surface area contributed by atoms with Gasteiger partial charge in [0, 0.05) is 5.56 Å². The topological polar surface area (TPSA) is 77.8 Å². The first-order valence-electron chi connectivity index (χ1n) is 5.08. The molecule has 0 radical (unpaired) electrons. The summed E-state index contributed by atoms with van der Waals surface area (Å²) < 4.78 is 0. The van der Waals surface area contributed by atoms with Crippen LogP contribution in [0.3, 0.4) is 0 Å². The predicted molar refractivity (Wildman–Crippen MR) is 59.5 cm³/mol. The smallest absolute Gasteiger partial charge is 0.337 e. The Labute approximate surface area is 94.2 Å². The molecular weight excluding hydrogens is 208 g/mol. The molecule has 0 aliphatic carbocycles. The number of carbonyl (C=O) groups is 1. The van der Waals surface area contributed by atoms with E-state index in [9.17, 15) is 15.0 Å². The first-order valence-corrected chi connectivity index (χ1v) is 5.08. The second kappa shape index (κ2) is 4.53. The van der Waals surface area contributed by atoms with Crippen molar-refractivity contribution < 1.29 is 20.1 Å². The Morgan fingerprint density at radius 2 is 1.81 bits per heavy atom. The van der Waals surface area contributed by atoms with Crippen LogP contribution in [0.15, 0.2) is 12.1 Å². The lowest BCUT2D eigenvalue weighted by molar-refractivity contribution is -0.147. The number of aliphatic hydroxyl groups excluding tert-OH is 1. The summed E-state index contributed by atoms with van der Waals surface area (Å²) in [5.41, 5.74) is 1.85. The van der Waals surface area contributed by atoms with Crippen molar-refractivity contribution in [3.8, 4) is 5.75 Å². The van der Waals surface area contributed by atoms with Gasteiger partial charge in [0.2, 0.25) is 0 Å². The number of hydrogen-bond donors (Lipinski definition) is 3. The zero-order chi connectivity index (χ0) is 12.5. The summed E-state index contributed by atoms with van der Waals surface area (Å²) in [5, 5.41) is 27.7. The highest BCUT2D eigenvalue weighted by Gasteiger charge is 2.21. The van der Waals surface area contributed by atoms with E-state index in [4.69, 9.17) is 5.11 Å². The molecule has 0 amide bonds. The number of aryl methyl sites for hydroxylation is 1. The summed E-state index contributed by atoms with van der Waals surface area (Å²) >= 11 is 0. The zero-order valence-electron chi connectivity index (χ0n) is 9.56. The van der Waals surface area contributed by atoms with Crippen molar-refractivity contribution in [1.29, 1.82) is 0 Å². The van der Waals surface area contributed by atoms with E-state index < -0.39 is 12.1 Å². The van der Waals surface area contributed by atoms with Crippen molar-refractivity contribution in [2.75, 3.05) is 0 Å². The third-order valence-electron chi connectivity index (χ3n) is 2.57. The molecule has 1 unspecified atom stereocenters. The SMILES string of the molecule is Cc1cc(O)c(C(O)C(=O)O)cc1C(C)C. The number of carboxylic acids is 1. The van der Waals surface area contributed by atoms with Crippen molar-refractivity contribution in [1.82, 2.24) is 0 Å². The quantitative estimate of drug-likeness (QED) is 0.733. The lowest BCUT2D eigenvalue weighted by Gasteiger charge is -2.15. The van der Waals surface area contributed by atoms with Crippen LogP contribution in [0, 0.1) is 6.92 Å². The van der Waals surface area contributed by atoms with E-state index in [0.29, 0.717) is 0 Å². The number of phenols is 1. The molecule has 0 spiro atoms. The molecule has 0 aromatic heterocycles. The van der Waals surface area contributed by atoms with Crippen LogP contribution in [-0.4, -0.2) is 21.3 Å². The number of rotatable bonds is 3. The predicted octanol–water partition coefficient (Wildman–Crippen LogP) is 1.94. The second-order valence-corrected chi connectivity index (χ2v) is 4.16. The molecule has 0 bridgehead atoms. The summed E-state index contributed by atoms with van der Waals surface area (Å²) in [4.78, 5) is 10.7. The van der Waals surface area contributed by atoms with Crippen LogP contribution in [0.2, 0.25) is 0 Å². The normalized spacial score (nSPS) is 12.8. The Hall–Kier alpha value is -1.55. The van der Waals surface area contributed by atoms with Crippen molar-refractivity contribution in [2.45, 2.75) is 32.8 Å². The Kier molecular flexibility index (Phi) is 3.55. The summed E-state index contributed by atoms with van der Waals surface area (Å²) in [7, 11) is 0. The number of aliphatic hydroxyl groups is 1. The van der Waals surface area contributed by atoms with Crippen LogP contribution >= 0.6 is 0 Å². The van der Waals surface area contributed by atoms with E-state index in [2.05, 4.69) is 0 Å². The highest BCUT2D eigenvalue weighted by atomic mass is 16.4. The van der Waals surface area contributed by atoms with Gasteiger partial charge < -0.3 is 15.3 Å². The van der Waals surface area contributed by atoms with E-state index in [-0.39, 0.29) is 17.2 Å². The zero-order valence-corrected chi connectivity index (χ0v) is 9.56. The lowest BCUT2D eigenvalue weighted by atomic mass is 9.93. The molecule has 0 saturated carbocycles. The van der Waals surface area contributed by atoms with E-state index in [1.807, 2.05) is 20.8 Å². The maximum absolute atomic E-state index is 10.7. The first-order chi connectivity index (χ1) is 7.34. The molecule has 4 nitrogen and oxygen atoms in total. The maximum atomic E-state index is 10.7. The monoisotopic (exact) mass is 224 g/mol. The lowest BCUT2D eigenvalue weighted by Crippen LogP contribution is -2.11. The fourth-order valence-corrected chi connectivity index (χ4v) is 1.70. The molecule has 4 heteroatoms. The van der Waals surface area contributed by atoms with Gasteiger partial charge in [0.05, 0.1) is 0 Å². The van der Waals surface area contributed by atoms with E-state index >= 15 is 0 Å². The van der Waals surface area contributed by atoms with Gasteiger partial charge in [-0.1, -0.05) is 13.8 Å². The molecule has 88 valence electrons. The number of carboxylic acid groups (broad SMARTS) is 1. The number of benzene rings is 1. The van der Waals surface area contributed by atoms with Gasteiger partial charge in [-0.2, -0.15) is 0 Å².